The first-order valence-electron chi connectivity index (χ1n) is 7.29. The van der Waals surface area contributed by atoms with E-state index in [0.717, 1.165) is 12.8 Å². The molecule has 0 amide bonds. The lowest BCUT2D eigenvalue weighted by molar-refractivity contribution is 1.01. The summed E-state index contributed by atoms with van der Waals surface area (Å²) in [6.45, 7) is 12.9. The van der Waals surface area contributed by atoms with Gasteiger partial charge in [-0.1, -0.05) is 43.0 Å². The minimum absolute atomic E-state index is 1.02. The van der Waals surface area contributed by atoms with Gasteiger partial charge in [-0.25, -0.2) is 0 Å². The predicted molar refractivity (Wildman–Crippen MR) is 89.2 cm³/mol. The van der Waals surface area contributed by atoms with Crippen LogP contribution in [0.2, 0.25) is 0 Å². The second-order valence-electron chi connectivity index (χ2n) is 5.82. The Morgan fingerprint density at radius 2 is 1.40 bits per heavy atom. The molecule has 20 heavy (non-hydrogen) atoms. The molecule has 0 aromatic heterocycles. The summed E-state index contributed by atoms with van der Waals surface area (Å²) in [5, 5.41) is 0. The van der Waals surface area contributed by atoms with Crippen molar-refractivity contribution in [1.29, 1.82) is 0 Å². The van der Waals surface area contributed by atoms with Gasteiger partial charge in [0.1, 0.15) is 0 Å². The monoisotopic (exact) mass is 264 g/mol. The molecule has 0 heterocycles. The van der Waals surface area contributed by atoms with Crippen molar-refractivity contribution in [2.24, 2.45) is 0 Å². The smallest absolute Gasteiger partial charge is 0.0227 e. The molecule has 0 fully saturated rings. The van der Waals surface area contributed by atoms with Crippen molar-refractivity contribution in [3.8, 4) is 0 Å². The number of hydrogen-bond acceptors (Lipinski definition) is 0. The van der Waals surface area contributed by atoms with Gasteiger partial charge >= 0.3 is 0 Å². The molecule has 0 radical (unpaired) electrons. The maximum Gasteiger partial charge on any atom is -0.0227 e. The molecule has 0 spiro atoms. The highest BCUT2D eigenvalue weighted by molar-refractivity contribution is 5.64. The molecule has 2 aromatic carbocycles. The van der Waals surface area contributed by atoms with Gasteiger partial charge in [0.25, 0.3) is 0 Å². The molecular formula is C20H24. The number of aryl methyl sites for hydroxylation is 5. The van der Waals surface area contributed by atoms with E-state index in [4.69, 9.17) is 0 Å². The van der Waals surface area contributed by atoms with E-state index >= 15 is 0 Å². The van der Waals surface area contributed by atoms with E-state index in [-0.39, 0.29) is 0 Å². The Morgan fingerprint density at radius 1 is 0.800 bits per heavy atom. The molecule has 0 aliphatic carbocycles. The Kier molecular flexibility index (Phi) is 4.44. The highest BCUT2D eigenvalue weighted by atomic mass is 14.1. The van der Waals surface area contributed by atoms with Crippen LogP contribution in [0.5, 0.6) is 0 Å². The van der Waals surface area contributed by atoms with Crippen molar-refractivity contribution < 1.29 is 0 Å². The lowest BCUT2D eigenvalue weighted by Crippen LogP contribution is -1.92. The molecule has 0 heteroatoms. The Morgan fingerprint density at radius 3 is 2.00 bits per heavy atom. The van der Waals surface area contributed by atoms with Gasteiger partial charge in [0.05, 0.1) is 0 Å². The van der Waals surface area contributed by atoms with Crippen LogP contribution >= 0.6 is 0 Å². The Balaban J connectivity index is 2.04. The van der Waals surface area contributed by atoms with Gasteiger partial charge in [-0.3, -0.25) is 0 Å². The number of benzene rings is 2. The normalized spacial score (nSPS) is 10.6. The molecule has 0 nitrogen and oxygen atoms in total. The standard InChI is InChI=1S/C20H24/c1-14-6-9-19(12-17(14)4)10-7-16(3)20-11-8-15(2)18(5)13-20/h6,8-9,11-13H,3,7,10H2,1-2,4-5H3. The lowest BCUT2D eigenvalue weighted by Gasteiger charge is -2.10. The van der Waals surface area contributed by atoms with E-state index in [1.807, 2.05) is 0 Å². The average molecular weight is 264 g/mol. The Hall–Kier alpha value is -1.82. The van der Waals surface area contributed by atoms with Crippen LogP contribution in [0, 0.1) is 27.7 Å². The largest absolute Gasteiger partial charge is 0.0952 e. The van der Waals surface area contributed by atoms with Crippen LogP contribution in [0.4, 0.5) is 0 Å². The summed E-state index contributed by atoms with van der Waals surface area (Å²) in [5.41, 5.74) is 9.33. The molecule has 104 valence electrons. The highest BCUT2D eigenvalue weighted by Gasteiger charge is 2.03. The van der Waals surface area contributed by atoms with E-state index in [1.54, 1.807) is 0 Å². The lowest BCUT2D eigenvalue weighted by atomic mass is 9.96. The van der Waals surface area contributed by atoms with Crippen LogP contribution in [0.15, 0.2) is 43.0 Å². The molecule has 2 aromatic rings. The third-order valence-corrected chi connectivity index (χ3v) is 4.20. The fourth-order valence-corrected chi connectivity index (χ4v) is 2.36. The van der Waals surface area contributed by atoms with Crippen molar-refractivity contribution in [2.45, 2.75) is 40.5 Å². The third-order valence-electron chi connectivity index (χ3n) is 4.20. The molecule has 0 atom stereocenters. The second-order valence-corrected chi connectivity index (χ2v) is 5.82. The van der Waals surface area contributed by atoms with Crippen molar-refractivity contribution >= 4 is 5.57 Å². The van der Waals surface area contributed by atoms with Crippen LogP contribution in [0.3, 0.4) is 0 Å². The summed E-state index contributed by atoms with van der Waals surface area (Å²) in [5.74, 6) is 0. The van der Waals surface area contributed by atoms with Gasteiger partial charge in [0.15, 0.2) is 0 Å². The van der Waals surface area contributed by atoms with Crippen LogP contribution in [0.25, 0.3) is 5.57 Å². The molecule has 0 saturated heterocycles. The minimum Gasteiger partial charge on any atom is -0.0952 e. The van der Waals surface area contributed by atoms with Gasteiger partial charge in [0.2, 0.25) is 0 Å². The summed E-state index contributed by atoms with van der Waals surface area (Å²) >= 11 is 0. The zero-order chi connectivity index (χ0) is 14.7. The van der Waals surface area contributed by atoms with E-state index in [9.17, 15) is 0 Å². The SMILES string of the molecule is C=C(CCc1ccc(C)c(C)c1)c1ccc(C)c(C)c1. The molecular weight excluding hydrogens is 240 g/mol. The molecule has 2 rings (SSSR count). The topological polar surface area (TPSA) is 0 Å². The minimum atomic E-state index is 1.02. The summed E-state index contributed by atoms with van der Waals surface area (Å²) in [6, 6.07) is 13.4. The van der Waals surface area contributed by atoms with Crippen molar-refractivity contribution in [1.82, 2.24) is 0 Å². The summed E-state index contributed by atoms with van der Waals surface area (Å²) < 4.78 is 0. The van der Waals surface area contributed by atoms with Crippen molar-refractivity contribution in [3.63, 3.8) is 0 Å². The van der Waals surface area contributed by atoms with E-state index in [1.165, 1.54) is 39.0 Å². The first-order valence-corrected chi connectivity index (χ1v) is 7.29. The second kappa shape index (κ2) is 6.09. The van der Waals surface area contributed by atoms with Crippen LogP contribution in [-0.2, 0) is 6.42 Å². The van der Waals surface area contributed by atoms with Gasteiger partial charge in [-0.2, -0.15) is 0 Å². The van der Waals surface area contributed by atoms with Crippen molar-refractivity contribution in [2.75, 3.05) is 0 Å². The van der Waals surface area contributed by atoms with Gasteiger partial charge in [-0.05, 0) is 79.5 Å². The van der Waals surface area contributed by atoms with Gasteiger partial charge in [-0.15, -0.1) is 0 Å². The fraction of sp³-hybridized carbons (Fsp3) is 0.300. The van der Waals surface area contributed by atoms with Gasteiger partial charge < -0.3 is 0 Å². The molecule has 0 N–H and O–H groups in total. The molecule has 0 unspecified atom stereocenters. The summed E-state index contributed by atoms with van der Waals surface area (Å²) in [7, 11) is 0. The fourth-order valence-electron chi connectivity index (χ4n) is 2.36. The number of hydrogen-bond donors (Lipinski definition) is 0. The average Bonchev–Trinajstić information content (AvgIpc) is 2.43. The quantitative estimate of drug-likeness (QED) is 0.677. The summed E-state index contributed by atoms with van der Waals surface area (Å²) in [6.07, 6.45) is 2.08. The van der Waals surface area contributed by atoms with Crippen molar-refractivity contribution in [3.05, 3.63) is 76.4 Å². The predicted octanol–water partition coefficient (Wildman–Crippen LogP) is 5.57. The van der Waals surface area contributed by atoms with Gasteiger partial charge in [0, 0.05) is 0 Å². The van der Waals surface area contributed by atoms with Crippen LogP contribution < -0.4 is 0 Å². The highest BCUT2D eigenvalue weighted by Crippen LogP contribution is 2.22. The zero-order valence-electron chi connectivity index (χ0n) is 13.1. The maximum absolute atomic E-state index is 4.25. The Labute approximate surface area is 123 Å². The van der Waals surface area contributed by atoms with E-state index < -0.39 is 0 Å². The van der Waals surface area contributed by atoms with Crippen LogP contribution in [-0.4, -0.2) is 0 Å². The maximum atomic E-state index is 4.25. The number of allylic oxidation sites excluding steroid dienone is 1. The molecule has 0 aliphatic rings. The Bertz CT molecular complexity index is 632. The molecule has 0 bridgehead atoms. The molecule has 0 saturated carbocycles. The zero-order valence-corrected chi connectivity index (χ0v) is 13.1. The molecule has 0 aliphatic heterocycles. The summed E-state index contributed by atoms with van der Waals surface area (Å²) in [4.78, 5) is 0. The van der Waals surface area contributed by atoms with Crippen LogP contribution in [0.1, 0.15) is 39.8 Å². The third kappa shape index (κ3) is 3.39. The first-order chi connectivity index (χ1) is 9.47. The van der Waals surface area contributed by atoms with E-state index in [2.05, 4.69) is 70.7 Å². The van der Waals surface area contributed by atoms with E-state index in [0.29, 0.717) is 0 Å². The first kappa shape index (κ1) is 14.6. The number of rotatable bonds is 4.